The van der Waals surface area contributed by atoms with E-state index in [9.17, 15) is 4.79 Å². The third-order valence-corrected chi connectivity index (χ3v) is 2.12. The van der Waals surface area contributed by atoms with Crippen molar-refractivity contribution < 1.29 is 9.53 Å². The smallest absolute Gasteiger partial charge is 0.192 e. The summed E-state index contributed by atoms with van der Waals surface area (Å²) in [6.07, 6.45) is 0. The Kier molecular flexibility index (Phi) is 6.51. The molecular formula is C14H23NO2. The zero-order chi connectivity index (χ0) is 13.5. The number of carbonyl (C=O) groups is 1. The van der Waals surface area contributed by atoms with Gasteiger partial charge < -0.3 is 10.5 Å². The summed E-state index contributed by atoms with van der Waals surface area (Å²) in [7, 11) is 0. The first-order chi connectivity index (χ1) is 7.93. The highest BCUT2D eigenvalue weighted by Gasteiger charge is 2.31. The molecule has 0 bridgehead atoms. The summed E-state index contributed by atoms with van der Waals surface area (Å²) in [5.74, 6) is 0.572. The van der Waals surface area contributed by atoms with Crippen LogP contribution < -0.4 is 10.5 Å². The van der Waals surface area contributed by atoms with Crippen molar-refractivity contribution in [3.63, 3.8) is 0 Å². The molecule has 0 fully saturated rings. The van der Waals surface area contributed by atoms with Gasteiger partial charge in [-0.15, -0.1) is 0 Å². The van der Waals surface area contributed by atoms with E-state index >= 15 is 0 Å². The van der Waals surface area contributed by atoms with Gasteiger partial charge in [0.25, 0.3) is 0 Å². The minimum absolute atomic E-state index is 0.105. The van der Waals surface area contributed by atoms with E-state index in [0.717, 1.165) is 0 Å². The van der Waals surface area contributed by atoms with E-state index in [-0.39, 0.29) is 5.78 Å². The predicted octanol–water partition coefficient (Wildman–Crippen LogP) is 2.79. The summed E-state index contributed by atoms with van der Waals surface area (Å²) in [5, 5.41) is 0. The van der Waals surface area contributed by atoms with Crippen molar-refractivity contribution in [2.45, 2.75) is 46.3 Å². The number of ether oxygens (including phenoxy) is 1. The number of Topliss-reactive ketones (excluding diaryl/α,β-unsaturated/α-hetero) is 1. The molecule has 0 amide bonds. The number of hydrogen-bond donors (Lipinski definition) is 1. The average Bonchev–Trinajstić information content (AvgIpc) is 2.31. The molecule has 1 aromatic rings. The molecule has 0 heterocycles. The fraction of sp³-hybridized carbons (Fsp3) is 0.500. The molecule has 0 spiro atoms. The van der Waals surface area contributed by atoms with Crippen LogP contribution in [0.25, 0.3) is 0 Å². The fourth-order valence-electron chi connectivity index (χ4n) is 1.38. The van der Waals surface area contributed by atoms with Crippen LogP contribution in [0.1, 0.15) is 34.6 Å². The lowest BCUT2D eigenvalue weighted by atomic mass is 9.98. The zero-order valence-corrected chi connectivity index (χ0v) is 11.4. The summed E-state index contributed by atoms with van der Waals surface area (Å²) >= 11 is 0. The molecule has 3 heteroatoms. The maximum atomic E-state index is 11.7. The Bertz CT molecular complexity index is 331. The Morgan fingerprint density at radius 1 is 1.24 bits per heavy atom. The van der Waals surface area contributed by atoms with E-state index in [1.165, 1.54) is 0 Å². The zero-order valence-electron chi connectivity index (χ0n) is 11.4. The van der Waals surface area contributed by atoms with Crippen molar-refractivity contribution in [1.29, 1.82) is 0 Å². The van der Waals surface area contributed by atoms with Crippen molar-refractivity contribution >= 4 is 5.78 Å². The van der Waals surface area contributed by atoms with Crippen LogP contribution in [0.15, 0.2) is 30.3 Å². The number of carbonyl (C=O) groups excluding carboxylic acids is 1. The predicted molar refractivity (Wildman–Crippen MR) is 71.2 cm³/mol. The van der Waals surface area contributed by atoms with Gasteiger partial charge >= 0.3 is 0 Å². The Morgan fingerprint density at radius 2 is 1.71 bits per heavy atom. The van der Waals surface area contributed by atoms with Gasteiger partial charge in [0.1, 0.15) is 5.75 Å². The van der Waals surface area contributed by atoms with Gasteiger partial charge in [-0.2, -0.15) is 0 Å². The van der Waals surface area contributed by atoms with Crippen LogP contribution >= 0.6 is 0 Å². The van der Waals surface area contributed by atoms with Crippen LogP contribution in [0, 0.1) is 0 Å². The number of rotatable bonds is 4. The SMILES string of the molecule is CC.CC(N)C(=O)C(C)(C)Oc1ccccc1. The summed E-state index contributed by atoms with van der Waals surface area (Å²) in [6.45, 7) is 9.12. The topological polar surface area (TPSA) is 52.3 Å². The third-order valence-electron chi connectivity index (χ3n) is 2.12. The van der Waals surface area contributed by atoms with Crippen LogP contribution in [0.4, 0.5) is 0 Å². The van der Waals surface area contributed by atoms with E-state index in [0.29, 0.717) is 5.75 Å². The molecule has 1 unspecified atom stereocenters. The van der Waals surface area contributed by atoms with Crippen molar-refractivity contribution in [2.24, 2.45) is 5.73 Å². The molecule has 0 radical (unpaired) electrons. The largest absolute Gasteiger partial charge is 0.480 e. The highest BCUT2D eigenvalue weighted by molar-refractivity contribution is 5.91. The molecule has 0 saturated heterocycles. The first-order valence-corrected chi connectivity index (χ1v) is 5.97. The van der Waals surface area contributed by atoms with E-state index < -0.39 is 11.6 Å². The Balaban J connectivity index is 0.00000121. The average molecular weight is 237 g/mol. The number of hydrogen-bond acceptors (Lipinski definition) is 3. The molecule has 17 heavy (non-hydrogen) atoms. The molecule has 96 valence electrons. The molecule has 1 aromatic carbocycles. The monoisotopic (exact) mass is 237 g/mol. The molecule has 2 N–H and O–H groups in total. The molecule has 0 saturated carbocycles. The lowest BCUT2D eigenvalue weighted by Crippen LogP contribution is -2.47. The first kappa shape index (κ1) is 15.7. The summed E-state index contributed by atoms with van der Waals surface area (Å²) < 4.78 is 5.60. The van der Waals surface area contributed by atoms with Crippen LogP contribution in [-0.2, 0) is 4.79 Å². The maximum absolute atomic E-state index is 11.7. The van der Waals surface area contributed by atoms with Crippen LogP contribution in [0.2, 0.25) is 0 Å². The molecule has 0 aromatic heterocycles. The van der Waals surface area contributed by atoms with Gasteiger partial charge in [-0.1, -0.05) is 32.0 Å². The highest BCUT2D eigenvalue weighted by atomic mass is 16.5. The van der Waals surface area contributed by atoms with E-state index in [1.807, 2.05) is 44.2 Å². The van der Waals surface area contributed by atoms with E-state index in [4.69, 9.17) is 10.5 Å². The lowest BCUT2D eigenvalue weighted by Gasteiger charge is -2.26. The summed E-state index contributed by atoms with van der Waals surface area (Å²) in [5.41, 5.74) is 4.67. The minimum Gasteiger partial charge on any atom is -0.480 e. The lowest BCUT2D eigenvalue weighted by molar-refractivity contribution is -0.132. The third kappa shape index (κ3) is 5.00. The van der Waals surface area contributed by atoms with Crippen molar-refractivity contribution in [1.82, 2.24) is 0 Å². The van der Waals surface area contributed by atoms with E-state index in [1.54, 1.807) is 20.8 Å². The second-order valence-corrected chi connectivity index (χ2v) is 4.08. The standard InChI is InChI=1S/C12H17NO2.C2H6/c1-9(13)11(14)12(2,3)15-10-7-5-4-6-8-10;1-2/h4-9H,13H2,1-3H3;1-2H3. The number of ketones is 1. The molecule has 1 rings (SSSR count). The molecule has 1 atom stereocenters. The summed E-state index contributed by atoms with van der Waals surface area (Å²) in [6, 6.07) is 8.74. The Labute approximate surface area is 104 Å². The highest BCUT2D eigenvalue weighted by Crippen LogP contribution is 2.19. The number of benzene rings is 1. The molecule has 0 aliphatic rings. The van der Waals surface area contributed by atoms with Crippen LogP contribution in [0.5, 0.6) is 5.75 Å². The van der Waals surface area contributed by atoms with Crippen molar-refractivity contribution in [3.8, 4) is 5.75 Å². The second-order valence-electron chi connectivity index (χ2n) is 4.08. The maximum Gasteiger partial charge on any atom is 0.192 e. The van der Waals surface area contributed by atoms with Gasteiger partial charge in [0, 0.05) is 0 Å². The quantitative estimate of drug-likeness (QED) is 0.876. The Hall–Kier alpha value is -1.35. The molecular weight excluding hydrogens is 214 g/mol. The van der Waals surface area contributed by atoms with Gasteiger partial charge in [-0.05, 0) is 32.9 Å². The van der Waals surface area contributed by atoms with Crippen molar-refractivity contribution in [3.05, 3.63) is 30.3 Å². The normalized spacial score (nSPS) is 12.1. The molecule has 0 aliphatic heterocycles. The van der Waals surface area contributed by atoms with Gasteiger partial charge in [0.15, 0.2) is 11.4 Å². The molecule has 0 aliphatic carbocycles. The van der Waals surface area contributed by atoms with Gasteiger partial charge in [0.2, 0.25) is 0 Å². The van der Waals surface area contributed by atoms with Crippen LogP contribution in [0.3, 0.4) is 0 Å². The van der Waals surface area contributed by atoms with Gasteiger partial charge in [0.05, 0.1) is 6.04 Å². The van der Waals surface area contributed by atoms with Gasteiger partial charge in [-0.25, -0.2) is 0 Å². The van der Waals surface area contributed by atoms with Crippen molar-refractivity contribution in [2.75, 3.05) is 0 Å². The molecule has 3 nitrogen and oxygen atoms in total. The number of para-hydroxylation sites is 1. The second kappa shape index (κ2) is 7.07. The van der Waals surface area contributed by atoms with Gasteiger partial charge in [-0.3, -0.25) is 4.79 Å². The fourth-order valence-corrected chi connectivity index (χ4v) is 1.38. The number of nitrogens with two attached hydrogens (primary N) is 1. The first-order valence-electron chi connectivity index (χ1n) is 5.97. The summed E-state index contributed by atoms with van der Waals surface area (Å²) in [4.78, 5) is 11.7. The van der Waals surface area contributed by atoms with Crippen LogP contribution in [-0.4, -0.2) is 17.4 Å². The minimum atomic E-state index is -0.879. The van der Waals surface area contributed by atoms with E-state index in [2.05, 4.69) is 0 Å². The Morgan fingerprint density at radius 3 is 2.12 bits per heavy atom.